The zero-order valence-electron chi connectivity index (χ0n) is 16.7. The van der Waals surface area contributed by atoms with E-state index in [-0.39, 0.29) is 23.1 Å². The number of thioether (sulfide) groups is 1. The van der Waals surface area contributed by atoms with Gasteiger partial charge in [0.25, 0.3) is 5.56 Å². The zero-order valence-corrected chi connectivity index (χ0v) is 18.3. The van der Waals surface area contributed by atoms with Gasteiger partial charge in [-0.3, -0.25) is 14.4 Å². The Hall–Kier alpha value is -2.65. The van der Waals surface area contributed by atoms with Gasteiger partial charge in [0.1, 0.15) is 4.83 Å². The number of hydrogen-bond donors (Lipinski definition) is 3. The Morgan fingerprint density at radius 3 is 2.63 bits per heavy atom. The molecular weight excluding hydrogens is 420 g/mol. The fraction of sp³-hybridized carbons (Fsp3) is 0.333. The summed E-state index contributed by atoms with van der Waals surface area (Å²) in [6.07, 6.45) is 3.03. The Labute approximate surface area is 181 Å². The van der Waals surface area contributed by atoms with Gasteiger partial charge in [0.15, 0.2) is 5.16 Å². The molecule has 3 aromatic rings. The molecule has 156 valence electrons. The molecule has 0 spiro atoms. The number of nitrogens with zero attached hydrogens (tertiary/aromatic N) is 1. The average molecular weight is 443 g/mol. The number of carbonyl (C=O) groups is 2. The highest BCUT2D eigenvalue weighted by molar-refractivity contribution is 7.99. The van der Waals surface area contributed by atoms with Crippen molar-refractivity contribution in [3.05, 3.63) is 45.1 Å². The fourth-order valence-corrected chi connectivity index (χ4v) is 5.67. The van der Waals surface area contributed by atoms with Gasteiger partial charge in [0, 0.05) is 23.2 Å². The second-order valence-corrected chi connectivity index (χ2v) is 9.55. The molecule has 30 heavy (non-hydrogen) atoms. The number of fused-ring (bicyclic) bond motifs is 3. The number of carbonyl (C=O) groups excluding carboxylic acids is 2. The van der Waals surface area contributed by atoms with Gasteiger partial charge in [0.05, 0.1) is 11.1 Å². The molecule has 7 nitrogen and oxygen atoms in total. The van der Waals surface area contributed by atoms with E-state index in [0.717, 1.165) is 35.0 Å². The van der Waals surface area contributed by atoms with Crippen molar-refractivity contribution in [2.75, 3.05) is 16.4 Å². The highest BCUT2D eigenvalue weighted by atomic mass is 32.2. The smallest absolute Gasteiger partial charge is 0.260 e. The molecule has 2 amide bonds. The largest absolute Gasteiger partial charge is 0.326 e. The summed E-state index contributed by atoms with van der Waals surface area (Å²) in [5.74, 6) is 0.413. The standard InChI is InChI=1S/C21H22N4O3S2/c1-11-3-8-15-16(9-11)30-20-18(15)19(28)24-21(25-20)29-10-17(27)23-14-6-4-13(5-7-14)22-12(2)26/h4-7,11H,3,8-10H2,1-2H3,(H,22,26)(H,23,27)(H,24,25,28). The molecule has 1 aromatic carbocycles. The van der Waals surface area contributed by atoms with Gasteiger partial charge >= 0.3 is 0 Å². The Morgan fingerprint density at radius 2 is 1.93 bits per heavy atom. The topological polar surface area (TPSA) is 104 Å². The number of aromatic nitrogens is 2. The van der Waals surface area contributed by atoms with Gasteiger partial charge in [-0.1, -0.05) is 18.7 Å². The first-order valence-electron chi connectivity index (χ1n) is 9.74. The molecule has 2 aromatic heterocycles. The number of H-pyrrole nitrogens is 1. The number of aromatic amines is 1. The molecule has 2 heterocycles. The van der Waals surface area contributed by atoms with Crippen LogP contribution in [0.4, 0.5) is 11.4 Å². The fourth-order valence-electron chi connectivity index (χ4n) is 3.57. The molecule has 0 bridgehead atoms. The summed E-state index contributed by atoms with van der Waals surface area (Å²) in [7, 11) is 0. The van der Waals surface area contributed by atoms with Crippen LogP contribution >= 0.6 is 23.1 Å². The van der Waals surface area contributed by atoms with E-state index in [4.69, 9.17) is 0 Å². The van der Waals surface area contributed by atoms with E-state index in [1.807, 2.05) is 0 Å². The van der Waals surface area contributed by atoms with Crippen LogP contribution in [0.25, 0.3) is 10.2 Å². The van der Waals surface area contributed by atoms with Gasteiger partial charge in [-0.15, -0.1) is 11.3 Å². The molecule has 1 aliphatic rings. The second kappa shape index (κ2) is 8.61. The molecule has 0 aliphatic heterocycles. The lowest BCUT2D eigenvalue weighted by molar-refractivity contribution is -0.114. The zero-order chi connectivity index (χ0) is 21.3. The van der Waals surface area contributed by atoms with Crippen LogP contribution < -0.4 is 16.2 Å². The molecule has 9 heteroatoms. The van der Waals surface area contributed by atoms with Crippen LogP contribution in [0.15, 0.2) is 34.2 Å². The number of thiophene rings is 1. The van der Waals surface area contributed by atoms with E-state index in [9.17, 15) is 14.4 Å². The summed E-state index contributed by atoms with van der Waals surface area (Å²) in [4.78, 5) is 45.4. The van der Waals surface area contributed by atoms with Crippen molar-refractivity contribution >= 4 is 56.5 Å². The Bertz CT molecular complexity index is 1170. The maximum Gasteiger partial charge on any atom is 0.260 e. The number of hydrogen-bond acceptors (Lipinski definition) is 6. The normalized spacial score (nSPS) is 15.6. The summed E-state index contributed by atoms with van der Waals surface area (Å²) in [5.41, 5.74) is 2.33. The van der Waals surface area contributed by atoms with Crippen molar-refractivity contribution in [1.82, 2.24) is 9.97 Å². The van der Waals surface area contributed by atoms with E-state index < -0.39 is 0 Å². The number of amides is 2. The SMILES string of the molecule is CC(=O)Nc1ccc(NC(=O)CSc2nc3sc4c(c3c(=O)[nH]2)CCC(C)C4)cc1. The number of anilines is 2. The number of aryl methyl sites for hydroxylation is 1. The van der Waals surface area contributed by atoms with Crippen LogP contribution in [0.3, 0.4) is 0 Å². The lowest BCUT2D eigenvalue weighted by Crippen LogP contribution is -2.16. The van der Waals surface area contributed by atoms with E-state index in [1.165, 1.54) is 23.6 Å². The molecule has 0 saturated heterocycles. The maximum atomic E-state index is 12.6. The Balaban J connectivity index is 1.41. The monoisotopic (exact) mass is 442 g/mol. The molecule has 0 fully saturated rings. The van der Waals surface area contributed by atoms with Crippen LogP contribution in [0.2, 0.25) is 0 Å². The van der Waals surface area contributed by atoms with Crippen LogP contribution in [-0.2, 0) is 22.4 Å². The maximum absolute atomic E-state index is 12.6. The van der Waals surface area contributed by atoms with Crippen molar-refractivity contribution in [3.63, 3.8) is 0 Å². The third-order valence-electron chi connectivity index (χ3n) is 4.97. The van der Waals surface area contributed by atoms with Crippen molar-refractivity contribution in [1.29, 1.82) is 0 Å². The third kappa shape index (κ3) is 4.57. The number of benzene rings is 1. The average Bonchev–Trinajstić information content (AvgIpc) is 3.05. The van der Waals surface area contributed by atoms with E-state index in [0.29, 0.717) is 22.4 Å². The minimum atomic E-state index is -0.200. The number of nitrogens with one attached hydrogen (secondary N) is 3. The Kier molecular flexibility index (Phi) is 5.92. The first kappa shape index (κ1) is 20.6. The van der Waals surface area contributed by atoms with Crippen LogP contribution in [0.1, 0.15) is 30.7 Å². The quantitative estimate of drug-likeness (QED) is 0.412. The van der Waals surface area contributed by atoms with Crippen LogP contribution in [0, 0.1) is 5.92 Å². The van der Waals surface area contributed by atoms with E-state index >= 15 is 0 Å². The lowest BCUT2D eigenvalue weighted by atomic mass is 9.89. The van der Waals surface area contributed by atoms with Gasteiger partial charge < -0.3 is 15.6 Å². The lowest BCUT2D eigenvalue weighted by Gasteiger charge is -2.17. The van der Waals surface area contributed by atoms with Gasteiger partial charge in [-0.2, -0.15) is 0 Å². The van der Waals surface area contributed by atoms with Crippen LogP contribution in [-0.4, -0.2) is 27.5 Å². The second-order valence-electron chi connectivity index (χ2n) is 7.50. The molecule has 0 saturated carbocycles. The molecule has 1 atom stereocenters. The Morgan fingerprint density at radius 1 is 1.23 bits per heavy atom. The van der Waals surface area contributed by atoms with Gasteiger partial charge in [-0.05, 0) is 55.0 Å². The van der Waals surface area contributed by atoms with Crippen molar-refractivity contribution in [2.24, 2.45) is 5.92 Å². The predicted molar refractivity (Wildman–Crippen MR) is 122 cm³/mol. The summed E-state index contributed by atoms with van der Waals surface area (Å²) >= 11 is 2.80. The first-order chi connectivity index (χ1) is 14.4. The van der Waals surface area contributed by atoms with Crippen molar-refractivity contribution in [2.45, 2.75) is 38.3 Å². The summed E-state index contributed by atoms with van der Waals surface area (Å²) < 4.78 is 0. The summed E-state index contributed by atoms with van der Waals surface area (Å²) in [6.45, 7) is 3.67. The van der Waals surface area contributed by atoms with Gasteiger partial charge in [0.2, 0.25) is 11.8 Å². The first-order valence-corrected chi connectivity index (χ1v) is 11.5. The van der Waals surface area contributed by atoms with E-state index in [2.05, 4.69) is 27.5 Å². The van der Waals surface area contributed by atoms with Crippen molar-refractivity contribution < 1.29 is 9.59 Å². The molecular formula is C21H22N4O3S2. The van der Waals surface area contributed by atoms with Crippen molar-refractivity contribution in [3.8, 4) is 0 Å². The van der Waals surface area contributed by atoms with E-state index in [1.54, 1.807) is 35.6 Å². The highest BCUT2D eigenvalue weighted by Crippen LogP contribution is 2.36. The molecule has 1 unspecified atom stereocenters. The minimum Gasteiger partial charge on any atom is -0.326 e. The summed E-state index contributed by atoms with van der Waals surface area (Å²) in [5, 5.41) is 6.65. The number of rotatable bonds is 5. The highest BCUT2D eigenvalue weighted by Gasteiger charge is 2.23. The van der Waals surface area contributed by atoms with Gasteiger partial charge in [-0.25, -0.2) is 4.98 Å². The minimum absolute atomic E-state index is 0.122. The molecule has 4 rings (SSSR count). The molecule has 0 radical (unpaired) electrons. The predicted octanol–water partition coefficient (Wildman–Crippen LogP) is 3.80. The summed E-state index contributed by atoms with van der Waals surface area (Å²) in [6, 6.07) is 6.88. The van der Waals surface area contributed by atoms with Crippen LogP contribution in [0.5, 0.6) is 0 Å². The molecule has 3 N–H and O–H groups in total. The molecule has 1 aliphatic carbocycles. The third-order valence-corrected chi connectivity index (χ3v) is 6.99.